The first kappa shape index (κ1) is 40.5. The highest BCUT2D eigenvalue weighted by Gasteiger charge is 2.35. The fourth-order valence-electron chi connectivity index (χ4n) is 4.49. The Balaban J connectivity index is 2.61. The summed E-state index contributed by atoms with van der Waals surface area (Å²) in [6.07, 6.45) is 8.08. The first-order chi connectivity index (χ1) is 21.7. The number of carboxylic acids is 1. The quantitative estimate of drug-likeness (QED) is 0.0539. The third-order valence-corrected chi connectivity index (χ3v) is 7.67. The van der Waals surface area contributed by atoms with E-state index in [1.165, 1.54) is 25.2 Å². The second-order valence-corrected chi connectivity index (χ2v) is 11.5. The zero-order valence-corrected chi connectivity index (χ0v) is 27.0. The van der Waals surface area contributed by atoms with Crippen LogP contribution in [0.2, 0.25) is 0 Å². The molecule has 8 atom stereocenters. The number of Topliss-reactive ketones (excluding diaryl/α,β-unsaturated/α-hetero) is 1. The maximum atomic E-state index is 12.5. The normalized spacial score (nSPS) is 23.0. The molecule has 0 aliphatic heterocycles. The van der Waals surface area contributed by atoms with E-state index in [-0.39, 0.29) is 24.3 Å². The molecule has 13 heteroatoms. The summed E-state index contributed by atoms with van der Waals surface area (Å²) >= 11 is 6.27. The molecule has 1 amide bonds. The zero-order valence-electron chi connectivity index (χ0n) is 26.3. The Hall–Kier alpha value is -3.55. The van der Waals surface area contributed by atoms with E-state index in [2.05, 4.69) is 0 Å². The van der Waals surface area contributed by atoms with Crippen molar-refractivity contribution >= 4 is 35.4 Å². The molecule has 0 aromatic heterocycles. The average molecular weight is 668 g/mol. The van der Waals surface area contributed by atoms with Gasteiger partial charge in [0.2, 0.25) is 0 Å². The van der Waals surface area contributed by atoms with Crippen LogP contribution in [-0.4, -0.2) is 86.0 Å². The molecule has 46 heavy (non-hydrogen) atoms. The number of esters is 1. The smallest absolute Gasteiger partial charge is 0.405 e. The summed E-state index contributed by atoms with van der Waals surface area (Å²) in [6, 6.07) is 0. The van der Waals surface area contributed by atoms with Gasteiger partial charge in [0, 0.05) is 36.3 Å². The number of aliphatic hydroxyl groups is 4. The van der Waals surface area contributed by atoms with Crippen LogP contribution in [0, 0.1) is 11.8 Å². The van der Waals surface area contributed by atoms with Crippen LogP contribution in [0.25, 0.3) is 0 Å². The van der Waals surface area contributed by atoms with Crippen LogP contribution in [0.3, 0.4) is 0 Å². The van der Waals surface area contributed by atoms with Gasteiger partial charge in [-0.3, -0.25) is 9.59 Å². The van der Waals surface area contributed by atoms with E-state index in [1.54, 1.807) is 49.5 Å². The number of amides is 1. The number of carboxylic acid groups (broad SMARTS) is 1. The maximum absolute atomic E-state index is 12.5. The summed E-state index contributed by atoms with van der Waals surface area (Å²) < 4.78 is 10.1. The van der Waals surface area contributed by atoms with Gasteiger partial charge in [-0.25, -0.2) is 9.59 Å². The SMILES string of the molecule is CC/C=C/C(CC(O)CC(=O)C(O)C(O)C(C)/C(Cl)=C/C=C/C=C(C)/C=C/C=C/C(=O)OC1CC(C(=O)O)CCC1O)OC(N)=O. The lowest BCUT2D eigenvalue weighted by atomic mass is 9.85. The van der Waals surface area contributed by atoms with E-state index in [9.17, 15) is 39.6 Å². The van der Waals surface area contributed by atoms with Gasteiger partial charge in [0.15, 0.2) is 5.78 Å². The Morgan fingerprint density at radius 3 is 2.30 bits per heavy atom. The van der Waals surface area contributed by atoms with Gasteiger partial charge >= 0.3 is 18.0 Å². The number of primary amides is 1. The first-order valence-electron chi connectivity index (χ1n) is 15.0. The standard InChI is InChI=1S/C33H46ClNO11/c1-4-5-12-24(45-33(35)44)18-23(36)19-27(38)31(41)30(40)21(3)25(34)13-8-6-10-20(2)11-7-9-14-29(39)46-28-17-22(32(42)43)15-16-26(28)37/h5-14,21-24,26,28,30-31,36-37,40-41H,4,15-19H2,1-3H3,(H2,35,44)(H,42,43)/b8-6+,11-7+,12-5+,14-9+,20-10+,25-13-. The van der Waals surface area contributed by atoms with E-state index in [0.29, 0.717) is 12.8 Å². The lowest BCUT2D eigenvalue weighted by molar-refractivity contribution is -0.159. The third kappa shape index (κ3) is 15.6. The number of ether oxygens (including phenoxy) is 2. The Bertz CT molecular complexity index is 1210. The number of rotatable bonds is 18. The number of halogens is 1. The Kier molecular flexibility index (Phi) is 18.7. The minimum absolute atomic E-state index is 0.0634. The first-order valence-corrected chi connectivity index (χ1v) is 15.4. The highest BCUT2D eigenvalue weighted by atomic mass is 35.5. The zero-order chi connectivity index (χ0) is 34.8. The lowest BCUT2D eigenvalue weighted by Crippen LogP contribution is -2.40. The Morgan fingerprint density at radius 2 is 1.67 bits per heavy atom. The molecule has 0 spiro atoms. The van der Waals surface area contributed by atoms with Gasteiger partial charge in [0.25, 0.3) is 0 Å². The number of aliphatic carboxylic acids is 1. The molecule has 0 aromatic carbocycles. The summed E-state index contributed by atoms with van der Waals surface area (Å²) in [6.45, 7) is 5.19. The molecular formula is C33H46ClNO11. The van der Waals surface area contributed by atoms with Gasteiger partial charge in [-0.2, -0.15) is 0 Å². The number of ketones is 1. The van der Waals surface area contributed by atoms with Gasteiger partial charge in [-0.15, -0.1) is 0 Å². The molecule has 0 bridgehead atoms. The van der Waals surface area contributed by atoms with Crippen LogP contribution in [0.5, 0.6) is 0 Å². The minimum Gasteiger partial charge on any atom is -0.481 e. The largest absolute Gasteiger partial charge is 0.481 e. The molecular weight excluding hydrogens is 622 g/mol. The number of allylic oxidation sites excluding steroid dienone is 9. The van der Waals surface area contributed by atoms with Crippen LogP contribution in [0.15, 0.2) is 71.4 Å². The molecule has 1 aliphatic carbocycles. The minimum atomic E-state index is -1.82. The van der Waals surface area contributed by atoms with Crippen molar-refractivity contribution in [1.82, 2.24) is 0 Å². The number of hydrogen-bond acceptors (Lipinski definition) is 10. The van der Waals surface area contributed by atoms with E-state index >= 15 is 0 Å². The topological polar surface area (TPSA) is 214 Å². The summed E-state index contributed by atoms with van der Waals surface area (Å²) in [5, 5.41) is 50.5. The molecule has 256 valence electrons. The van der Waals surface area contributed by atoms with Crippen molar-refractivity contribution in [2.24, 2.45) is 17.6 Å². The van der Waals surface area contributed by atoms with Crippen LogP contribution >= 0.6 is 11.6 Å². The van der Waals surface area contributed by atoms with Crippen molar-refractivity contribution in [2.45, 2.75) is 95.9 Å². The predicted octanol–water partition coefficient (Wildman–Crippen LogP) is 3.38. The van der Waals surface area contributed by atoms with Crippen molar-refractivity contribution in [3.8, 4) is 0 Å². The van der Waals surface area contributed by atoms with Gasteiger partial charge in [0.1, 0.15) is 18.3 Å². The van der Waals surface area contributed by atoms with Gasteiger partial charge in [-0.1, -0.05) is 73.6 Å². The number of aliphatic hydroxyl groups excluding tert-OH is 4. The van der Waals surface area contributed by atoms with Crippen LogP contribution in [0.1, 0.15) is 59.3 Å². The summed E-state index contributed by atoms with van der Waals surface area (Å²) in [7, 11) is 0. The van der Waals surface area contributed by atoms with Gasteiger partial charge in [-0.05, 0) is 38.3 Å². The molecule has 7 N–H and O–H groups in total. The number of carbonyl (C=O) groups is 4. The Morgan fingerprint density at radius 1 is 1.02 bits per heavy atom. The van der Waals surface area contributed by atoms with E-state index in [0.717, 1.165) is 5.57 Å². The van der Waals surface area contributed by atoms with Gasteiger partial charge < -0.3 is 40.7 Å². The molecule has 1 aliphatic rings. The number of nitrogens with two attached hydrogens (primary N) is 1. The molecule has 1 rings (SSSR count). The monoisotopic (exact) mass is 667 g/mol. The summed E-state index contributed by atoms with van der Waals surface area (Å²) in [4.78, 5) is 46.8. The molecule has 8 unspecified atom stereocenters. The van der Waals surface area contributed by atoms with Crippen molar-refractivity contribution in [3.63, 3.8) is 0 Å². The lowest BCUT2D eigenvalue weighted by Gasteiger charge is -2.30. The van der Waals surface area contributed by atoms with Crippen molar-refractivity contribution in [3.05, 3.63) is 71.4 Å². The van der Waals surface area contributed by atoms with Crippen molar-refractivity contribution < 1.29 is 54.2 Å². The van der Waals surface area contributed by atoms with Crippen LogP contribution in [0.4, 0.5) is 4.79 Å². The van der Waals surface area contributed by atoms with E-state index in [1.807, 2.05) is 6.92 Å². The predicted molar refractivity (Wildman–Crippen MR) is 171 cm³/mol. The third-order valence-electron chi connectivity index (χ3n) is 7.20. The average Bonchev–Trinajstić information content (AvgIpc) is 2.99. The highest BCUT2D eigenvalue weighted by molar-refractivity contribution is 6.30. The van der Waals surface area contributed by atoms with Crippen LogP contribution < -0.4 is 5.73 Å². The molecule has 0 aromatic rings. The summed E-state index contributed by atoms with van der Waals surface area (Å²) in [5.74, 6) is -3.96. The molecule has 0 saturated heterocycles. The molecule has 12 nitrogen and oxygen atoms in total. The number of carbonyl (C=O) groups excluding carboxylic acids is 3. The van der Waals surface area contributed by atoms with Crippen LogP contribution in [-0.2, 0) is 23.9 Å². The van der Waals surface area contributed by atoms with Crippen molar-refractivity contribution in [2.75, 3.05) is 0 Å². The molecule has 0 heterocycles. The maximum Gasteiger partial charge on any atom is 0.405 e. The fraction of sp³-hybridized carbons (Fsp3) is 0.515. The number of hydrogen-bond donors (Lipinski definition) is 6. The second-order valence-electron chi connectivity index (χ2n) is 11.1. The summed E-state index contributed by atoms with van der Waals surface area (Å²) in [5.41, 5.74) is 5.84. The molecule has 0 radical (unpaired) electrons. The van der Waals surface area contributed by atoms with Gasteiger partial charge in [0.05, 0.1) is 24.2 Å². The van der Waals surface area contributed by atoms with E-state index < -0.39 is 78.7 Å². The fourth-order valence-corrected chi connectivity index (χ4v) is 4.69. The highest BCUT2D eigenvalue weighted by Crippen LogP contribution is 2.27. The second kappa shape index (κ2) is 21.3. The molecule has 1 fully saturated rings. The van der Waals surface area contributed by atoms with Crippen molar-refractivity contribution in [1.29, 1.82) is 0 Å². The molecule has 1 saturated carbocycles. The Labute approximate surface area is 274 Å². The van der Waals surface area contributed by atoms with E-state index in [4.69, 9.17) is 31.9 Å².